The standard InChI is InChI=1S/C17H23N5O/c1-4-21-11-13(10-20-21)9-19-16(23)22-12-17(2,3)15(22)14-5-7-18-8-6-14/h5-8,10-11,15H,4,9,12H2,1-3H3,(H,19,23). The lowest BCUT2D eigenvalue weighted by Crippen LogP contribution is -2.60. The van der Waals surface area contributed by atoms with Gasteiger partial charge in [0.05, 0.1) is 12.2 Å². The number of urea groups is 1. The number of hydrogen-bond acceptors (Lipinski definition) is 3. The molecule has 2 aromatic heterocycles. The number of rotatable bonds is 4. The van der Waals surface area contributed by atoms with Crippen molar-refractivity contribution in [3.8, 4) is 0 Å². The summed E-state index contributed by atoms with van der Waals surface area (Å²) >= 11 is 0. The molecule has 1 atom stereocenters. The van der Waals surface area contributed by atoms with Gasteiger partial charge in [0, 0.05) is 49.2 Å². The van der Waals surface area contributed by atoms with Crippen molar-refractivity contribution in [3.63, 3.8) is 0 Å². The highest BCUT2D eigenvalue weighted by Gasteiger charge is 2.48. The van der Waals surface area contributed by atoms with Crippen molar-refractivity contribution in [2.45, 2.75) is 39.9 Å². The Bertz CT molecular complexity index is 679. The first-order chi connectivity index (χ1) is 11.0. The first kappa shape index (κ1) is 15.5. The van der Waals surface area contributed by atoms with Crippen LogP contribution < -0.4 is 5.32 Å². The molecular weight excluding hydrogens is 290 g/mol. The Morgan fingerprint density at radius 2 is 2.13 bits per heavy atom. The van der Waals surface area contributed by atoms with E-state index in [9.17, 15) is 4.79 Å². The van der Waals surface area contributed by atoms with Gasteiger partial charge in [-0.3, -0.25) is 9.67 Å². The molecule has 0 bridgehead atoms. The van der Waals surface area contributed by atoms with E-state index in [0.29, 0.717) is 6.54 Å². The van der Waals surface area contributed by atoms with Crippen LogP contribution in [0.25, 0.3) is 0 Å². The number of nitrogens with zero attached hydrogens (tertiary/aromatic N) is 4. The number of hydrogen-bond donors (Lipinski definition) is 1. The molecule has 6 nitrogen and oxygen atoms in total. The van der Waals surface area contributed by atoms with E-state index in [4.69, 9.17) is 0 Å². The lowest BCUT2D eigenvalue weighted by Gasteiger charge is -2.54. The van der Waals surface area contributed by atoms with Crippen molar-refractivity contribution in [1.29, 1.82) is 0 Å². The third-order valence-electron chi connectivity index (χ3n) is 4.37. The molecule has 6 heteroatoms. The van der Waals surface area contributed by atoms with E-state index < -0.39 is 0 Å². The van der Waals surface area contributed by atoms with Gasteiger partial charge in [-0.15, -0.1) is 0 Å². The molecule has 0 spiro atoms. The van der Waals surface area contributed by atoms with Crippen molar-refractivity contribution in [1.82, 2.24) is 25.0 Å². The van der Waals surface area contributed by atoms with E-state index >= 15 is 0 Å². The zero-order chi connectivity index (χ0) is 16.4. The molecule has 1 aliphatic rings. The molecule has 122 valence electrons. The maximum absolute atomic E-state index is 12.5. The lowest BCUT2D eigenvalue weighted by molar-refractivity contribution is -0.0166. The second kappa shape index (κ2) is 6.02. The molecule has 3 rings (SSSR count). The van der Waals surface area contributed by atoms with E-state index in [-0.39, 0.29) is 17.5 Å². The SMILES string of the molecule is CCn1cc(CNC(=O)N2CC(C)(C)C2c2ccncc2)cn1. The minimum absolute atomic E-state index is 0.0321. The van der Waals surface area contributed by atoms with Crippen molar-refractivity contribution < 1.29 is 4.79 Å². The Morgan fingerprint density at radius 3 is 2.74 bits per heavy atom. The fraction of sp³-hybridized carbons (Fsp3) is 0.471. The zero-order valence-corrected chi connectivity index (χ0v) is 13.9. The molecular formula is C17H23N5O. The molecule has 23 heavy (non-hydrogen) atoms. The number of carbonyl (C=O) groups is 1. The van der Waals surface area contributed by atoms with Gasteiger partial charge in [0.25, 0.3) is 0 Å². The highest BCUT2D eigenvalue weighted by Crippen LogP contribution is 2.47. The van der Waals surface area contributed by atoms with Crippen LogP contribution in [0, 0.1) is 5.41 Å². The largest absolute Gasteiger partial charge is 0.334 e. The van der Waals surface area contributed by atoms with Gasteiger partial charge in [0.2, 0.25) is 0 Å². The summed E-state index contributed by atoms with van der Waals surface area (Å²) in [5.74, 6) is 0. The lowest BCUT2D eigenvalue weighted by atomic mass is 9.72. The second-order valence-electron chi connectivity index (χ2n) is 6.66. The van der Waals surface area contributed by atoms with Crippen molar-refractivity contribution in [3.05, 3.63) is 48.0 Å². The van der Waals surface area contributed by atoms with Crippen LogP contribution in [-0.2, 0) is 13.1 Å². The second-order valence-corrected chi connectivity index (χ2v) is 6.66. The predicted octanol–water partition coefficient (Wildman–Crippen LogP) is 2.59. The molecule has 2 amide bonds. The fourth-order valence-electron chi connectivity index (χ4n) is 3.24. The minimum atomic E-state index is -0.0321. The van der Waals surface area contributed by atoms with Gasteiger partial charge in [-0.1, -0.05) is 13.8 Å². The average Bonchev–Trinajstić information content (AvgIpc) is 2.99. The number of nitrogens with one attached hydrogen (secondary N) is 1. The molecule has 0 aliphatic carbocycles. The average molecular weight is 313 g/mol. The van der Waals surface area contributed by atoms with Gasteiger partial charge in [-0.2, -0.15) is 5.10 Å². The quantitative estimate of drug-likeness (QED) is 0.943. The molecule has 2 aromatic rings. The van der Waals surface area contributed by atoms with Gasteiger partial charge in [0.15, 0.2) is 0 Å². The Labute approximate surface area is 136 Å². The summed E-state index contributed by atoms with van der Waals surface area (Å²) in [4.78, 5) is 18.5. The van der Waals surface area contributed by atoms with Crippen LogP contribution in [0.5, 0.6) is 0 Å². The van der Waals surface area contributed by atoms with Gasteiger partial charge in [-0.25, -0.2) is 4.79 Å². The predicted molar refractivity (Wildman–Crippen MR) is 87.6 cm³/mol. The van der Waals surface area contributed by atoms with E-state index in [1.165, 1.54) is 0 Å². The van der Waals surface area contributed by atoms with Crippen LogP contribution in [0.3, 0.4) is 0 Å². The van der Waals surface area contributed by atoms with E-state index in [0.717, 1.165) is 24.2 Å². The Balaban J connectivity index is 1.65. The normalized spacial score (nSPS) is 19.3. The van der Waals surface area contributed by atoms with Crippen LogP contribution >= 0.6 is 0 Å². The van der Waals surface area contributed by atoms with Crippen LogP contribution in [0.1, 0.15) is 37.9 Å². The van der Waals surface area contributed by atoms with Crippen molar-refractivity contribution in [2.24, 2.45) is 5.41 Å². The van der Waals surface area contributed by atoms with Crippen molar-refractivity contribution >= 4 is 6.03 Å². The summed E-state index contributed by atoms with van der Waals surface area (Å²) < 4.78 is 1.86. The summed E-state index contributed by atoms with van der Waals surface area (Å²) in [7, 11) is 0. The van der Waals surface area contributed by atoms with Gasteiger partial charge >= 0.3 is 6.03 Å². The van der Waals surface area contributed by atoms with E-state index in [2.05, 4.69) is 29.2 Å². The van der Waals surface area contributed by atoms with Crippen molar-refractivity contribution in [2.75, 3.05) is 6.54 Å². The maximum atomic E-state index is 12.5. The minimum Gasteiger partial charge on any atom is -0.334 e. The number of pyridine rings is 1. The smallest absolute Gasteiger partial charge is 0.318 e. The highest BCUT2D eigenvalue weighted by molar-refractivity contribution is 5.76. The van der Waals surface area contributed by atoms with Crippen LogP contribution in [0.4, 0.5) is 4.79 Å². The Morgan fingerprint density at radius 1 is 1.39 bits per heavy atom. The van der Waals surface area contributed by atoms with Gasteiger partial charge in [0.1, 0.15) is 0 Å². The summed E-state index contributed by atoms with van der Waals surface area (Å²) in [5, 5.41) is 7.22. The summed E-state index contributed by atoms with van der Waals surface area (Å²) in [6, 6.07) is 4.02. The van der Waals surface area contributed by atoms with E-state index in [1.807, 2.05) is 34.8 Å². The van der Waals surface area contributed by atoms with Gasteiger partial charge < -0.3 is 10.2 Å². The third kappa shape index (κ3) is 3.06. The number of aromatic nitrogens is 3. The monoisotopic (exact) mass is 313 g/mol. The fourth-order valence-corrected chi connectivity index (χ4v) is 3.24. The summed E-state index contributed by atoms with van der Waals surface area (Å²) in [6.45, 7) is 8.49. The van der Waals surface area contributed by atoms with Crippen LogP contribution in [-0.4, -0.2) is 32.2 Å². The Hall–Kier alpha value is -2.37. The zero-order valence-electron chi connectivity index (χ0n) is 13.9. The molecule has 3 heterocycles. The molecule has 0 aromatic carbocycles. The van der Waals surface area contributed by atoms with Gasteiger partial charge in [-0.05, 0) is 24.6 Å². The summed E-state index contributed by atoms with van der Waals surface area (Å²) in [6.07, 6.45) is 7.31. The first-order valence-corrected chi connectivity index (χ1v) is 7.97. The molecule has 0 radical (unpaired) electrons. The molecule has 1 unspecified atom stereocenters. The molecule has 1 fully saturated rings. The number of amides is 2. The maximum Gasteiger partial charge on any atom is 0.318 e. The van der Waals surface area contributed by atoms with Crippen LogP contribution in [0.15, 0.2) is 36.9 Å². The Kier molecular flexibility index (Phi) is 4.07. The number of carbonyl (C=O) groups excluding carboxylic acids is 1. The highest BCUT2D eigenvalue weighted by atomic mass is 16.2. The topological polar surface area (TPSA) is 63.1 Å². The molecule has 0 saturated carbocycles. The molecule has 1 aliphatic heterocycles. The number of aryl methyl sites for hydroxylation is 1. The number of likely N-dealkylation sites (tertiary alicyclic amines) is 1. The molecule has 1 N–H and O–H groups in total. The van der Waals surface area contributed by atoms with E-state index in [1.54, 1.807) is 18.6 Å². The van der Waals surface area contributed by atoms with Crippen LogP contribution in [0.2, 0.25) is 0 Å². The first-order valence-electron chi connectivity index (χ1n) is 7.97. The third-order valence-corrected chi connectivity index (χ3v) is 4.37. The molecule has 1 saturated heterocycles. The summed E-state index contributed by atoms with van der Waals surface area (Å²) in [5.41, 5.74) is 2.22.